The maximum Gasteiger partial charge on any atom is 0.241 e. The van der Waals surface area contributed by atoms with Crippen LogP contribution in [0, 0.1) is 35.5 Å². The van der Waals surface area contributed by atoms with Gasteiger partial charge in [0, 0.05) is 5.92 Å². The van der Waals surface area contributed by atoms with Gasteiger partial charge in [-0.25, -0.2) is 8.78 Å². The fourth-order valence-electron chi connectivity index (χ4n) is 6.59. The van der Waals surface area contributed by atoms with Crippen LogP contribution in [0.3, 0.4) is 0 Å². The van der Waals surface area contributed by atoms with Gasteiger partial charge in [-0.3, -0.25) is 0 Å². The minimum Gasteiger partial charge on any atom is -0.210 e. The number of hydrogen-bond acceptors (Lipinski definition) is 0. The largest absolute Gasteiger partial charge is 0.241 e. The molecule has 0 heterocycles. The maximum absolute atomic E-state index is 12.9. The van der Waals surface area contributed by atoms with Crippen molar-refractivity contribution < 1.29 is 8.78 Å². The van der Waals surface area contributed by atoms with Crippen LogP contribution in [0.15, 0.2) is 0 Å². The van der Waals surface area contributed by atoms with Gasteiger partial charge in [0.25, 0.3) is 0 Å². The Balaban J connectivity index is 1.33. The molecule has 0 N–H and O–H groups in total. The molecule has 0 atom stereocenters. The van der Waals surface area contributed by atoms with Crippen LogP contribution >= 0.6 is 0 Å². The standard InChI is InChI=1S/C24H42F2/c1-2-3-4-5-18-6-8-19(9-7-18)20-10-12-21(13-11-20)22-14-16-23(17-15-22)24(25)26/h18-24H,2-17H2,1H3. The topological polar surface area (TPSA) is 0 Å². The molecule has 0 aromatic rings. The summed E-state index contributed by atoms with van der Waals surface area (Å²) in [6.07, 6.45) is 19.0. The second kappa shape index (κ2) is 10.4. The molecule has 3 fully saturated rings. The predicted octanol–water partition coefficient (Wildman–Crippen LogP) is 8.25. The molecule has 152 valence electrons. The Kier molecular flexibility index (Phi) is 8.25. The van der Waals surface area contributed by atoms with Crippen molar-refractivity contribution in [2.45, 2.75) is 116 Å². The molecule has 0 bridgehead atoms. The molecular weight excluding hydrogens is 326 g/mol. The van der Waals surface area contributed by atoms with Gasteiger partial charge in [-0.1, -0.05) is 45.4 Å². The summed E-state index contributed by atoms with van der Waals surface area (Å²) in [5.74, 6) is 4.35. The van der Waals surface area contributed by atoms with Crippen LogP contribution in [0.2, 0.25) is 0 Å². The molecule has 0 spiro atoms. The summed E-state index contributed by atoms with van der Waals surface area (Å²) in [4.78, 5) is 0. The van der Waals surface area contributed by atoms with Crippen molar-refractivity contribution in [1.29, 1.82) is 0 Å². The SMILES string of the molecule is CCCCCC1CCC(C2CCC(C3CCC(C(F)F)CC3)CC2)CC1. The van der Waals surface area contributed by atoms with Crippen molar-refractivity contribution >= 4 is 0 Å². The van der Waals surface area contributed by atoms with E-state index in [4.69, 9.17) is 0 Å². The molecule has 3 aliphatic rings. The van der Waals surface area contributed by atoms with E-state index in [1.807, 2.05) is 0 Å². The zero-order chi connectivity index (χ0) is 18.4. The smallest absolute Gasteiger partial charge is 0.210 e. The number of hydrogen-bond donors (Lipinski definition) is 0. The average molecular weight is 369 g/mol. The van der Waals surface area contributed by atoms with Gasteiger partial charge in [0.2, 0.25) is 6.43 Å². The van der Waals surface area contributed by atoms with Crippen molar-refractivity contribution in [2.75, 3.05) is 0 Å². The highest BCUT2D eigenvalue weighted by Crippen LogP contribution is 2.46. The van der Waals surface area contributed by atoms with E-state index < -0.39 is 6.43 Å². The zero-order valence-electron chi connectivity index (χ0n) is 17.1. The fraction of sp³-hybridized carbons (Fsp3) is 1.00. The number of halogens is 2. The van der Waals surface area contributed by atoms with Gasteiger partial charge in [-0.05, 0) is 93.8 Å². The van der Waals surface area contributed by atoms with Gasteiger partial charge in [-0.2, -0.15) is 0 Å². The minimum atomic E-state index is -2.08. The molecule has 3 saturated carbocycles. The Labute approximate surface area is 160 Å². The molecule has 0 aromatic carbocycles. The van der Waals surface area contributed by atoms with E-state index in [9.17, 15) is 8.78 Å². The van der Waals surface area contributed by atoms with E-state index in [0.717, 1.165) is 55.3 Å². The van der Waals surface area contributed by atoms with Crippen molar-refractivity contribution in [3.63, 3.8) is 0 Å². The third-order valence-corrected chi connectivity index (χ3v) is 8.43. The second-order valence-electron chi connectivity index (χ2n) is 9.96. The summed E-state index contributed by atoms with van der Waals surface area (Å²) in [7, 11) is 0. The molecule has 0 amide bonds. The molecule has 3 aliphatic carbocycles. The van der Waals surface area contributed by atoms with E-state index in [1.165, 1.54) is 77.0 Å². The van der Waals surface area contributed by atoms with Gasteiger partial charge in [-0.15, -0.1) is 0 Å². The quantitative estimate of drug-likeness (QED) is 0.397. The van der Waals surface area contributed by atoms with Crippen LogP contribution in [0.5, 0.6) is 0 Å². The Bertz CT molecular complexity index is 370. The third-order valence-electron chi connectivity index (χ3n) is 8.43. The summed E-state index contributed by atoms with van der Waals surface area (Å²) in [6.45, 7) is 2.30. The Morgan fingerprint density at radius 1 is 0.615 bits per heavy atom. The van der Waals surface area contributed by atoms with Gasteiger partial charge in [0.1, 0.15) is 0 Å². The van der Waals surface area contributed by atoms with Crippen LogP contribution < -0.4 is 0 Å². The predicted molar refractivity (Wildman–Crippen MR) is 106 cm³/mol. The van der Waals surface area contributed by atoms with E-state index in [0.29, 0.717) is 0 Å². The summed E-state index contributed by atoms with van der Waals surface area (Å²) in [5, 5.41) is 0. The van der Waals surface area contributed by atoms with Crippen LogP contribution in [0.25, 0.3) is 0 Å². The molecule has 26 heavy (non-hydrogen) atoms. The number of rotatable bonds is 7. The molecule has 3 rings (SSSR count). The normalized spacial score (nSPS) is 39.2. The summed E-state index contributed by atoms with van der Waals surface area (Å²) in [5.41, 5.74) is 0. The first-order chi connectivity index (χ1) is 12.7. The molecule has 0 radical (unpaired) electrons. The minimum absolute atomic E-state index is 0.296. The molecular formula is C24H42F2. The maximum atomic E-state index is 12.9. The Morgan fingerprint density at radius 2 is 1.04 bits per heavy atom. The lowest BCUT2D eigenvalue weighted by molar-refractivity contribution is 0.0314. The van der Waals surface area contributed by atoms with Gasteiger partial charge in [0.15, 0.2) is 0 Å². The second-order valence-corrected chi connectivity index (χ2v) is 9.96. The lowest BCUT2D eigenvalue weighted by Gasteiger charge is -2.41. The van der Waals surface area contributed by atoms with Gasteiger partial charge in [0.05, 0.1) is 0 Å². The fourth-order valence-corrected chi connectivity index (χ4v) is 6.59. The monoisotopic (exact) mass is 368 g/mol. The lowest BCUT2D eigenvalue weighted by Crippen LogP contribution is -2.30. The summed E-state index contributed by atoms with van der Waals surface area (Å²) < 4.78 is 25.7. The van der Waals surface area contributed by atoms with Crippen molar-refractivity contribution in [1.82, 2.24) is 0 Å². The van der Waals surface area contributed by atoms with Crippen LogP contribution in [-0.4, -0.2) is 6.43 Å². The molecule has 0 aromatic heterocycles. The van der Waals surface area contributed by atoms with Crippen LogP contribution in [0.1, 0.15) is 110 Å². The molecule has 0 saturated heterocycles. The van der Waals surface area contributed by atoms with Crippen molar-refractivity contribution in [3.8, 4) is 0 Å². The average Bonchev–Trinajstić information content (AvgIpc) is 2.69. The summed E-state index contributed by atoms with van der Waals surface area (Å²) >= 11 is 0. The first-order valence-corrected chi connectivity index (χ1v) is 12.0. The number of unbranched alkanes of at least 4 members (excludes halogenated alkanes) is 2. The van der Waals surface area contributed by atoms with E-state index in [1.54, 1.807) is 0 Å². The van der Waals surface area contributed by atoms with Gasteiger partial charge < -0.3 is 0 Å². The highest BCUT2D eigenvalue weighted by atomic mass is 19.3. The lowest BCUT2D eigenvalue weighted by atomic mass is 9.65. The Hall–Kier alpha value is -0.140. The van der Waals surface area contributed by atoms with Crippen LogP contribution in [-0.2, 0) is 0 Å². The zero-order valence-corrected chi connectivity index (χ0v) is 17.1. The molecule has 0 nitrogen and oxygen atoms in total. The first kappa shape index (κ1) is 20.6. The molecule has 0 aliphatic heterocycles. The summed E-state index contributed by atoms with van der Waals surface area (Å²) in [6, 6.07) is 0. The van der Waals surface area contributed by atoms with Crippen LogP contribution in [0.4, 0.5) is 8.78 Å². The van der Waals surface area contributed by atoms with Crippen molar-refractivity contribution in [2.24, 2.45) is 35.5 Å². The van der Waals surface area contributed by atoms with E-state index in [2.05, 4.69) is 6.92 Å². The first-order valence-electron chi connectivity index (χ1n) is 12.0. The van der Waals surface area contributed by atoms with E-state index >= 15 is 0 Å². The molecule has 0 unspecified atom stereocenters. The Morgan fingerprint density at radius 3 is 1.46 bits per heavy atom. The van der Waals surface area contributed by atoms with Crippen molar-refractivity contribution in [3.05, 3.63) is 0 Å². The highest BCUT2D eigenvalue weighted by molar-refractivity contribution is 4.86. The third kappa shape index (κ3) is 5.68. The van der Waals surface area contributed by atoms with Gasteiger partial charge >= 0.3 is 0 Å². The number of alkyl halides is 2. The molecule has 2 heteroatoms. The highest BCUT2D eigenvalue weighted by Gasteiger charge is 2.35. The van der Waals surface area contributed by atoms with E-state index in [-0.39, 0.29) is 5.92 Å².